The van der Waals surface area contributed by atoms with E-state index in [0.29, 0.717) is 5.16 Å². The first kappa shape index (κ1) is 16.0. The molecule has 10 heteroatoms. The van der Waals surface area contributed by atoms with Gasteiger partial charge in [0.05, 0.1) is 12.2 Å². The monoisotopic (exact) mass is 347 g/mol. The lowest BCUT2D eigenvalue weighted by Gasteiger charge is -2.06. The number of carbonyl (C=O) groups is 1. The van der Waals surface area contributed by atoms with Crippen molar-refractivity contribution in [3.63, 3.8) is 0 Å². The van der Waals surface area contributed by atoms with Crippen molar-refractivity contribution in [2.24, 2.45) is 0 Å². The van der Waals surface area contributed by atoms with Gasteiger partial charge in [-0.2, -0.15) is 4.98 Å². The molecule has 0 aliphatic rings. The Morgan fingerprint density at radius 2 is 2.00 bits per heavy atom. The molecule has 3 aromatic rings. The van der Waals surface area contributed by atoms with E-state index in [1.54, 1.807) is 16.7 Å². The summed E-state index contributed by atoms with van der Waals surface area (Å²) >= 11 is 1.23. The Morgan fingerprint density at radius 3 is 2.62 bits per heavy atom. The lowest BCUT2D eigenvalue weighted by molar-refractivity contribution is 0.0697. The fraction of sp³-hybridized carbons (Fsp3) is 0.143. The Labute approximate surface area is 139 Å². The lowest BCUT2D eigenvalue weighted by Crippen LogP contribution is -2.12. The number of rotatable bonds is 5. The average Bonchev–Trinajstić information content (AvgIpc) is 2.87. The smallest absolute Gasteiger partial charge is 0.335 e. The van der Waals surface area contributed by atoms with Crippen LogP contribution in [0, 0.1) is 0 Å². The van der Waals surface area contributed by atoms with Crippen molar-refractivity contribution in [3.05, 3.63) is 40.2 Å². The number of hydrogen-bond donors (Lipinski definition) is 4. The van der Waals surface area contributed by atoms with Crippen molar-refractivity contribution in [2.45, 2.75) is 16.6 Å². The number of aliphatic hydroxyl groups is 1. The van der Waals surface area contributed by atoms with Crippen LogP contribution >= 0.6 is 11.8 Å². The lowest BCUT2D eigenvalue weighted by atomic mass is 10.2. The molecule has 0 bridgehead atoms. The van der Waals surface area contributed by atoms with Crippen molar-refractivity contribution < 1.29 is 15.0 Å². The summed E-state index contributed by atoms with van der Waals surface area (Å²) in [4.78, 5) is 34.3. The second-order valence-electron chi connectivity index (χ2n) is 4.82. The number of nitrogen functional groups attached to an aromatic ring is 1. The van der Waals surface area contributed by atoms with Crippen LogP contribution in [0.3, 0.4) is 0 Å². The third kappa shape index (κ3) is 2.96. The second-order valence-corrected chi connectivity index (χ2v) is 5.87. The van der Waals surface area contributed by atoms with Crippen LogP contribution in [0.25, 0.3) is 11.2 Å². The fourth-order valence-electron chi connectivity index (χ4n) is 2.16. The van der Waals surface area contributed by atoms with Gasteiger partial charge in [0.2, 0.25) is 5.95 Å². The summed E-state index contributed by atoms with van der Waals surface area (Å²) in [5.74, 6) is -1.04. The summed E-state index contributed by atoms with van der Waals surface area (Å²) in [6.07, 6.45) is 0. The van der Waals surface area contributed by atoms with E-state index >= 15 is 0 Å². The molecule has 0 aliphatic heterocycles. The van der Waals surface area contributed by atoms with Gasteiger partial charge in [0.25, 0.3) is 5.56 Å². The van der Waals surface area contributed by atoms with E-state index in [0.717, 1.165) is 4.90 Å². The SMILES string of the molecule is Nc1nc2c(nc(Sc3ccc(C(=O)O)cc3)n2CCO)c(=O)[nH]1. The number of carboxylic acid groups (broad SMARTS) is 1. The molecule has 0 fully saturated rings. The molecule has 2 heterocycles. The zero-order chi connectivity index (χ0) is 17.3. The summed E-state index contributed by atoms with van der Waals surface area (Å²) in [6.45, 7) is 0.0350. The van der Waals surface area contributed by atoms with E-state index in [4.69, 9.17) is 10.8 Å². The number of aromatic amines is 1. The molecule has 124 valence electrons. The predicted octanol–water partition coefficient (Wildman–Crippen LogP) is 0.543. The summed E-state index contributed by atoms with van der Waals surface area (Å²) in [6, 6.07) is 6.24. The first-order chi connectivity index (χ1) is 11.5. The Hall–Kier alpha value is -2.85. The van der Waals surface area contributed by atoms with Crippen LogP contribution in [0.15, 0.2) is 39.1 Å². The maximum absolute atomic E-state index is 12.0. The number of aromatic carboxylic acids is 1. The molecular formula is C14H13N5O4S. The molecule has 0 aliphatic carbocycles. The summed E-state index contributed by atoms with van der Waals surface area (Å²) in [5.41, 5.74) is 5.69. The standard InChI is InChI=1S/C14H13N5O4S/c15-13-17-10-9(11(21)18-13)16-14(19(10)5-6-20)24-8-3-1-7(2-4-8)12(22)23/h1-4,20H,5-6H2,(H,22,23)(H3,15,17,18,21). The van der Waals surface area contributed by atoms with E-state index in [1.165, 1.54) is 23.9 Å². The van der Waals surface area contributed by atoms with E-state index in [9.17, 15) is 14.7 Å². The topological polar surface area (TPSA) is 147 Å². The van der Waals surface area contributed by atoms with Crippen molar-refractivity contribution in [1.29, 1.82) is 0 Å². The molecule has 0 saturated heterocycles. The number of nitrogens with one attached hydrogen (secondary N) is 1. The van der Waals surface area contributed by atoms with Crippen LogP contribution < -0.4 is 11.3 Å². The van der Waals surface area contributed by atoms with Crippen molar-refractivity contribution in [2.75, 3.05) is 12.3 Å². The van der Waals surface area contributed by atoms with Gasteiger partial charge in [-0.15, -0.1) is 0 Å². The molecule has 0 spiro atoms. The number of carboxylic acids is 1. The molecule has 0 amide bonds. The number of nitrogens with zero attached hydrogens (tertiary/aromatic N) is 3. The molecule has 3 rings (SSSR count). The quantitative estimate of drug-likeness (QED) is 0.523. The summed E-state index contributed by atoms with van der Waals surface area (Å²) in [7, 11) is 0. The van der Waals surface area contributed by atoms with Crippen molar-refractivity contribution in [1.82, 2.24) is 19.5 Å². The molecule has 9 nitrogen and oxygen atoms in total. The van der Waals surface area contributed by atoms with Crippen LogP contribution in [0.5, 0.6) is 0 Å². The molecule has 24 heavy (non-hydrogen) atoms. The van der Waals surface area contributed by atoms with Crippen LogP contribution in [0.4, 0.5) is 5.95 Å². The van der Waals surface area contributed by atoms with Crippen LogP contribution in [0.1, 0.15) is 10.4 Å². The molecule has 0 saturated carbocycles. The third-order valence-corrected chi connectivity index (χ3v) is 4.22. The van der Waals surface area contributed by atoms with E-state index in [2.05, 4.69) is 15.0 Å². The normalized spacial score (nSPS) is 11.0. The predicted molar refractivity (Wildman–Crippen MR) is 87.2 cm³/mol. The van der Waals surface area contributed by atoms with Crippen molar-refractivity contribution in [3.8, 4) is 0 Å². The van der Waals surface area contributed by atoms with Gasteiger partial charge in [0, 0.05) is 11.4 Å². The van der Waals surface area contributed by atoms with Gasteiger partial charge in [-0.3, -0.25) is 9.78 Å². The Morgan fingerprint density at radius 1 is 1.29 bits per heavy atom. The first-order valence-electron chi connectivity index (χ1n) is 6.87. The Balaban J connectivity index is 2.05. The highest BCUT2D eigenvalue weighted by atomic mass is 32.2. The number of hydrogen-bond acceptors (Lipinski definition) is 7. The molecule has 0 atom stereocenters. The number of benzene rings is 1. The van der Waals surface area contributed by atoms with E-state index in [-0.39, 0.29) is 35.8 Å². The maximum atomic E-state index is 12.0. The minimum Gasteiger partial charge on any atom is -0.478 e. The second kappa shape index (κ2) is 6.34. The van der Waals surface area contributed by atoms with Crippen LogP contribution in [-0.2, 0) is 6.54 Å². The molecule has 1 aromatic carbocycles. The van der Waals surface area contributed by atoms with Gasteiger partial charge >= 0.3 is 5.97 Å². The minimum atomic E-state index is -1.01. The number of aliphatic hydroxyl groups excluding tert-OH is 1. The van der Waals surface area contributed by atoms with Crippen molar-refractivity contribution >= 4 is 34.8 Å². The third-order valence-electron chi connectivity index (χ3n) is 3.22. The zero-order valence-corrected chi connectivity index (χ0v) is 13.1. The minimum absolute atomic E-state index is 0.0334. The van der Waals surface area contributed by atoms with Crippen LogP contribution in [-0.4, -0.2) is 42.3 Å². The number of nitrogens with two attached hydrogens (primary N) is 1. The fourth-order valence-corrected chi connectivity index (χ4v) is 3.07. The number of imidazole rings is 1. The van der Waals surface area contributed by atoms with Gasteiger partial charge in [-0.25, -0.2) is 9.78 Å². The molecule has 0 unspecified atom stereocenters. The molecule has 0 radical (unpaired) electrons. The van der Waals surface area contributed by atoms with E-state index in [1.807, 2.05) is 0 Å². The van der Waals surface area contributed by atoms with Gasteiger partial charge in [0.15, 0.2) is 16.3 Å². The summed E-state index contributed by atoms with van der Waals surface area (Å²) < 4.78 is 1.59. The van der Waals surface area contributed by atoms with Crippen LogP contribution in [0.2, 0.25) is 0 Å². The molecular weight excluding hydrogens is 334 g/mol. The Bertz CT molecular complexity index is 964. The van der Waals surface area contributed by atoms with Gasteiger partial charge in [-0.1, -0.05) is 11.8 Å². The van der Waals surface area contributed by atoms with Gasteiger partial charge in [0.1, 0.15) is 0 Å². The maximum Gasteiger partial charge on any atom is 0.335 e. The first-order valence-corrected chi connectivity index (χ1v) is 7.69. The molecule has 2 aromatic heterocycles. The zero-order valence-electron chi connectivity index (χ0n) is 12.3. The average molecular weight is 347 g/mol. The number of fused-ring (bicyclic) bond motifs is 1. The molecule has 5 N–H and O–H groups in total. The number of H-pyrrole nitrogens is 1. The van der Waals surface area contributed by atoms with Gasteiger partial charge in [-0.05, 0) is 24.3 Å². The number of aromatic nitrogens is 4. The number of anilines is 1. The highest BCUT2D eigenvalue weighted by Gasteiger charge is 2.16. The van der Waals surface area contributed by atoms with Gasteiger partial charge < -0.3 is 20.5 Å². The highest BCUT2D eigenvalue weighted by Crippen LogP contribution is 2.29. The Kier molecular flexibility index (Phi) is 4.23. The highest BCUT2D eigenvalue weighted by molar-refractivity contribution is 7.99. The largest absolute Gasteiger partial charge is 0.478 e. The van der Waals surface area contributed by atoms with E-state index < -0.39 is 11.5 Å². The summed E-state index contributed by atoms with van der Waals surface area (Å²) in [5, 5.41) is 18.6.